The highest BCUT2D eigenvalue weighted by molar-refractivity contribution is 5.89. The Morgan fingerprint density at radius 3 is 2.88 bits per heavy atom. The summed E-state index contributed by atoms with van der Waals surface area (Å²) in [6.45, 7) is 1.36. The second-order valence-corrected chi connectivity index (χ2v) is 4.13. The van der Waals surface area contributed by atoms with Crippen molar-refractivity contribution in [3.8, 4) is 0 Å². The fourth-order valence-corrected chi connectivity index (χ4v) is 1.94. The van der Waals surface area contributed by atoms with Crippen LogP contribution in [0.15, 0.2) is 24.3 Å². The second-order valence-electron chi connectivity index (χ2n) is 4.13. The van der Waals surface area contributed by atoms with Crippen molar-refractivity contribution in [2.45, 2.75) is 12.5 Å². The standard InChI is InChI=1S/C12H16FN3O/c1-14-9-6-7-16(8-9)12(17)15-11-5-3-2-4-10(11)13/h2-5,9,14H,6-8H2,1H3,(H,15,17). The number of urea groups is 1. The zero-order valence-corrected chi connectivity index (χ0v) is 9.74. The van der Waals surface area contributed by atoms with E-state index in [4.69, 9.17) is 0 Å². The lowest BCUT2D eigenvalue weighted by atomic mass is 10.3. The molecule has 2 N–H and O–H groups in total. The molecule has 1 aliphatic rings. The number of carbonyl (C=O) groups excluding carboxylic acids is 1. The van der Waals surface area contributed by atoms with E-state index in [2.05, 4.69) is 10.6 Å². The Kier molecular flexibility index (Phi) is 3.58. The summed E-state index contributed by atoms with van der Waals surface area (Å²) in [7, 11) is 1.88. The summed E-state index contributed by atoms with van der Waals surface area (Å²) in [5.74, 6) is -0.412. The predicted octanol–water partition coefficient (Wildman–Crippen LogP) is 1.65. The van der Waals surface area contributed by atoms with Crippen LogP contribution in [0.2, 0.25) is 0 Å². The number of likely N-dealkylation sites (tertiary alicyclic amines) is 1. The number of likely N-dealkylation sites (N-methyl/N-ethyl adjacent to an activating group) is 1. The lowest BCUT2D eigenvalue weighted by Gasteiger charge is -2.17. The van der Waals surface area contributed by atoms with Gasteiger partial charge in [0, 0.05) is 19.1 Å². The minimum atomic E-state index is -0.412. The van der Waals surface area contributed by atoms with E-state index in [-0.39, 0.29) is 11.7 Å². The van der Waals surface area contributed by atoms with Crippen LogP contribution in [0.4, 0.5) is 14.9 Å². The van der Waals surface area contributed by atoms with Crippen LogP contribution in [0.3, 0.4) is 0 Å². The molecular formula is C12H16FN3O. The second kappa shape index (κ2) is 5.14. The molecule has 0 saturated carbocycles. The van der Waals surface area contributed by atoms with Crippen molar-refractivity contribution in [1.29, 1.82) is 0 Å². The Morgan fingerprint density at radius 1 is 1.47 bits per heavy atom. The van der Waals surface area contributed by atoms with Gasteiger partial charge in [0.05, 0.1) is 5.69 Å². The van der Waals surface area contributed by atoms with Gasteiger partial charge in [0.15, 0.2) is 0 Å². The lowest BCUT2D eigenvalue weighted by Crippen LogP contribution is -2.36. The summed E-state index contributed by atoms with van der Waals surface area (Å²) in [6.07, 6.45) is 0.932. The minimum absolute atomic E-state index is 0.227. The van der Waals surface area contributed by atoms with Gasteiger partial charge in [-0.15, -0.1) is 0 Å². The van der Waals surface area contributed by atoms with Crippen LogP contribution in [-0.4, -0.2) is 37.1 Å². The van der Waals surface area contributed by atoms with E-state index >= 15 is 0 Å². The number of carbonyl (C=O) groups is 1. The Bertz CT molecular complexity index is 410. The number of para-hydroxylation sites is 1. The van der Waals surface area contributed by atoms with Gasteiger partial charge in [0.1, 0.15) is 5.82 Å². The SMILES string of the molecule is CNC1CCN(C(=O)Nc2ccccc2F)C1. The molecule has 0 spiro atoms. The maximum absolute atomic E-state index is 13.3. The number of hydrogen-bond acceptors (Lipinski definition) is 2. The third-order valence-electron chi connectivity index (χ3n) is 3.00. The molecule has 1 heterocycles. The molecule has 1 atom stereocenters. The number of nitrogens with one attached hydrogen (secondary N) is 2. The first-order valence-electron chi connectivity index (χ1n) is 5.68. The fourth-order valence-electron chi connectivity index (χ4n) is 1.94. The first-order valence-corrected chi connectivity index (χ1v) is 5.68. The van der Waals surface area contributed by atoms with Crippen LogP contribution in [0.1, 0.15) is 6.42 Å². The molecule has 1 aromatic rings. The summed E-state index contributed by atoms with van der Waals surface area (Å²) in [4.78, 5) is 13.5. The van der Waals surface area contributed by atoms with Gasteiger partial charge in [-0.1, -0.05) is 12.1 Å². The normalized spacial score (nSPS) is 19.4. The number of rotatable bonds is 2. The molecule has 0 aliphatic carbocycles. The minimum Gasteiger partial charge on any atom is -0.323 e. The number of amides is 2. The van der Waals surface area contributed by atoms with Crippen LogP contribution in [0, 0.1) is 5.82 Å². The smallest absolute Gasteiger partial charge is 0.321 e. The van der Waals surface area contributed by atoms with Gasteiger partial charge in [-0.25, -0.2) is 9.18 Å². The summed E-state index contributed by atoms with van der Waals surface area (Å²) in [6, 6.07) is 6.26. The van der Waals surface area contributed by atoms with Gasteiger partial charge >= 0.3 is 6.03 Å². The monoisotopic (exact) mass is 237 g/mol. The molecule has 0 aromatic heterocycles. The predicted molar refractivity (Wildman–Crippen MR) is 64.5 cm³/mol. The molecule has 1 unspecified atom stereocenters. The third-order valence-corrected chi connectivity index (χ3v) is 3.00. The molecule has 0 bridgehead atoms. The number of benzene rings is 1. The van der Waals surface area contributed by atoms with Crippen LogP contribution >= 0.6 is 0 Å². The van der Waals surface area contributed by atoms with Crippen LogP contribution in [-0.2, 0) is 0 Å². The average molecular weight is 237 g/mol. The molecule has 2 amide bonds. The van der Waals surface area contributed by atoms with E-state index in [1.165, 1.54) is 6.07 Å². The Hall–Kier alpha value is -1.62. The molecule has 5 heteroatoms. The molecule has 2 rings (SSSR count). The first-order chi connectivity index (χ1) is 8.20. The molecule has 1 aromatic carbocycles. The quantitative estimate of drug-likeness (QED) is 0.821. The molecule has 0 radical (unpaired) electrons. The van der Waals surface area contributed by atoms with E-state index in [0.717, 1.165) is 6.42 Å². The lowest BCUT2D eigenvalue weighted by molar-refractivity contribution is 0.221. The molecule has 1 fully saturated rings. The van der Waals surface area contributed by atoms with Crippen LogP contribution < -0.4 is 10.6 Å². The van der Waals surface area contributed by atoms with Crippen molar-refractivity contribution in [3.05, 3.63) is 30.1 Å². The van der Waals surface area contributed by atoms with Crippen molar-refractivity contribution in [1.82, 2.24) is 10.2 Å². The van der Waals surface area contributed by atoms with Crippen molar-refractivity contribution in [2.24, 2.45) is 0 Å². The van der Waals surface area contributed by atoms with Gasteiger partial charge in [0.25, 0.3) is 0 Å². The number of anilines is 1. The van der Waals surface area contributed by atoms with Crippen molar-refractivity contribution < 1.29 is 9.18 Å². The molecule has 1 saturated heterocycles. The zero-order valence-electron chi connectivity index (χ0n) is 9.74. The van der Waals surface area contributed by atoms with Gasteiger partial charge < -0.3 is 15.5 Å². The van der Waals surface area contributed by atoms with Gasteiger partial charge in [-0.2, -0.15) is 0 Å². The van der Waals surface area contributed by atoms with E-state index in [0.29, 0.717) is 19.1 Å². The van der Waals surface area contributed by atoms with E-state index in [1.807, 2.05) is 7.05 Å². The Labute approximate surface area is 99.8 Å². The zero-order chi connectivity index (χ0) is 12.3. The maximum atomic E-state index is 13.3. The van der Waals surface area contributed by atoms with Gasteiger partial charge in [-0.3, -0.25) is 0 Å². The Balaban J connectivity index is 1.96. The highest BCUT2D eigenvalue weighted by Crippen LogP contribution is 2.15. The summed E-state index contributed by atoms with van der Waals surface area (Å²) in [5.41, 5.74) is 0.227. The number of hydrogen-bond donors (Lipinski definition) is 2. The summed E-state index contributed by atoms with van der Waals surface area (Å²) in [5, 5.41) is 5.71. The topological polar surface area (TPSA) is 44.4 Å². The van der Waals surface area contributed by atoms with Crippen molar-refractivity contribution in [3.63, 3.8) is 0 Å². The largest absolute Gasteiger partial charge is 0.323 e. The van der Waals surface area contributed by atoms with Crippen LogP contribution in [0.5, 0.6) is 0 Å². The third kappa shape index (κ3) is 2.74. The highest BCUT2D eigenvalue weighted by Gasteiger charge is 2.25. The number of halogens is 1. The van der Waals surface area contributed by atoms with E-state index in [9.17, 15) is 9.18 Å². The molecule has 1 aliphatic heterocycles. The van der Waals surface area contributed by atoms with E-state index < -0.39 is 5.82 Å². The van der Waals surface area contributed by atoms with Crippen LogP contribution in [0.25, 0.3) is 0 Å². The van der Waals surface area contributed by atoms with Crippen molar-refractivity contribution >= 4 is 11.7 Å². The molecule has 92 valence electrons. The van der Waals surface area contributed by atoms with Crippen molar-refractivity contribution in [2.75, 3.05) is 25.5 Å². The summed E-state index contributed by atoms with van der Waals surface area (Å²) >= 11 is 0. The van der Waals surface area contributed by atoms with Gasteiger partial charge in [-0.05, 0) is 25.6 Å². The fraction of sp³-hybridized carbons (Fsp3) is 0.417. The number of nitrogens with zero attached hydrogens (tertiary/aromatic N) is 1. The van der Waals surface area contributed by atoms with E-state index in [1.54, 1.807) is 23.1 Å². The molecule has 17 heavy (non-hydrogen) atoms. The Morgan fingerprint density at radius 2 is 2.24 bits per heavy atom. The first kappa shape index (κ1) is 11.9. The molecular weight excluding hydrogens is 221 g/mol. The average Bonchev–Trinajstić information content (AvgIpc) is 2.81. The van der Waals surface area contributed by atoms with Gasteiger partial charge in [0.2, 0.25) is 0 Å². The highest BCUT2D eigenvalue weighted by atomic mass is 19.1. The summed E-state index contributed by atoms with van der Waals surface area (Å²) < 4.78 is 13.3. The molecule has 4 nitrogen and oxygen atoms in total. The maximum Gasteiger partial charge on any atom is 0.321 e.